The Kier molecular flexibility index (Phi) is 2.59. The van der Waals surface area contributed by atoms with Crippen molar-refractivity contribution in [3.05, 3.63) is 18.3 Å². The predicted octanol–water partition coefficient (Wildman–Crippen LogP) is 1.58. The third kappa shape index (κ3) is 2.28. The second kappa shape index (κ2) is 3.87. The van der Waals surface area contributed by atoms with E-state index in [0.29, 0.717) is 11.7 Å². The molecule has 0 amide bonds. The van der Waals surface area contributed by atoms with Gasteiger partial charge in [0.2, 0.25) is 0 Å². The first kappa shape index (κ1) is 8.69. The number of anilines is 2. The zero-order valence-corrected chi connectivity index (χ0v) is 8.18. The number of aromatic nitrogens is 1. The SMILES string of the molecule is Nc1ccc(NC2CCSC2)nc1. The first-order valence-corrected chi connectivity index (χ1v) is 5.56. The summed E-state index contributed by atoms with van der Waals surface area (Å²) in [5, 5.41) is 3.38. The summed E-state index contributed by atoms with van der Waals surface area (Å²) in [6.45, 7) is 0. The lowest BCUT2D eigenvalue weighted by Crippen LogP contribution is -2.18. The molecule has 0 spiro atoms. The number of nitrogen functional groups attached to an aromatic ring is 1. The van der Waals surface area contributed by atoms with Crippen molar-refractivity contribution in [2.75, 3.05) is 22.6 Å². The quantitative estimate of drug-likeness (QED) is 0.752. The second-order valence-corrected chi connectivity index (χ2v) is 4.33. The highest BCUT2D eigenvalue weighted by Gasteiger charge is 2.14. The Morgan fingerprint density at radius 1 is 1.54 bits per heavy atom. The van der Waals surface area contributed by atoms with Crippen molar-refractivity contribution in [2.24, 2.45) is 0 Å². The van der Waals surface area contributed by atoms with Crippen molar-refractivity contribution in [2.45, 2.75) is 12.5 Å². The summed E-state index contributed by atoms with van der Waals surface area (Å²) in [5.41, 5.74) is 6.25. The number of nitrogens with two attached hydrogens (primary N) is 1. The summed E-state index contributed by atoms with van der Waals surface area (Å²) >= 11 is 1.99. The normalized spacial score (nSPS) is 21.7. The molecule has 1 unspecified atom stereocenters. The van der Waals surface area contributed by atoms with E-state index in [0.717, 1.165) is 5.82 Å². The van der Waals surface area contributed by atoms with Gasteiger partial charge in [-0.15, -0.1) is 0 Å². The van der Waals surface area contributed by atoms with E-state index in [1.807, 2.05) is 23.9 Å². The van der Waals surface area contributed by atoms with Crippen LogP contribution in [0.25, 0.3) is 0 Å². The summed E-state index contributed by atoms with van der Waals surface area (Å²) in [6.07, 6.45) is 2.92. The van der Waals surface area contributed by atoms with Crippen molar-refractivity contribution >= 4 is 23.3 Å². The maximum atomic E-state index is 5.54. The molecule has 1 aliphatic heterocycles. The van der Waals surface area contributed by atoms with E-state index in [-0.39, 0.29) is 0 Å². The Balaban J connectivity index is 1.97. The van der Waals surface area contributed by atoms with Gasteiger partial charge in [-0.2, -0.15) is 11.8 Å². The molecular weight excluding hydrogens is 182 g/mol. The maximum absolute atomic E-state index is 5.54. The van der Waals surface area contributed by atoms with Crippen LogP contribution in [0, 0.1) is 0 Å². The van der Waals surface area contributed by atoms with Crippen LogP contribution in [0.1, 0.15) is 6.42 Å². The Morgan fingerprint density at radius 3 is 3.08 bits per heavy atom. The van der Waals surface area contributed by atoms with Crippen molar-refractivity contribution < 1.29 is 0 Å². The number of pyridine rings is 1. The molecule has 1 aromatic heterocycles. The van der Waals surface area contributed by atoms with Gasteiger partial charge in [-0.3, -0.25) is 0 Å². The number of thioether (sulfide) groups is 1. The van der Waals surface area contributed by atoms with Gasteiger partial charge in [-0.25, -0.2) is 4.98 Å². The van der Waals surface area contributed by atoms with Crippen molar-refractivity contribution in [3.63, 3.8) is 0 Å². The van der Waals surface area contributed by atoms with E-state index < -0.39 is 0 Å². The summed E-state index contributed by atoms with van der Waals surface area (Å²) in [4.78, 5) is 4.20. The zero-order valence-electron chi connectivity index (χ0n) is 7.36. The molecular formula is C9H13N3S. The molecule has 0 bridgehead atoms. The minimum Gasteiger partial charge on any atom is -0.397 e. The average Bonchev–Trinajstić information content (AvgIpc) is 2.62. The summed E-state index contributed by atoms with van der Waals surface area (Å²) in [6, 6.07) is 4.39. The molecule has 3 N–H and O–H groups in total. The largest absolute Gasteiger partial charge is 0.397 e. The molecule has 0 radical (unpaired) electrons. The Morgan fingerprint density at radius 2 is 2.46 bits per heavy atom. The molecule has 70 valence electrons. The molecule has 4 heteroatoms. The van der Waals surface area contributed by atoms with E-state index in [1.165, 1.54) is 17.9 Å². The second-order valence-electron chi connectivity index (χ2n) is 3.18. The number of hydrogen-bond acceptors (Lipinski definition) is 4. The van der Waals surface area contributed by atoms with Crippen LogP contribution in [0.5, 0.6) is 0 Å². The van der Waals surface area contributed by atoms with E-state index in [2.05, 4.69) is 10.3 Å². The molecule has 0 aliphatic carbocycles. The van der Waals surface area contributed by atoms with Gasteiger partial charge < -0.3 is 11.1 Å². The Hall–Kier alpha value is -0.900. The van der Waals surface area contributed by atoms with Crippen molar-refractivity contribution in [1.82, 2.24) is 4.98 Å². The zero-order chi connectivity index (χ0) is 9.10. The third-order valence-corrected chi connectivity index (χ3v) is 3.23. The molecule has 1 fully saturated rings. The molecule has 1 aromatic rings. The first-order valence-electron chi connectivity index (χ1n) is 4.40. The molecule has 1 aliphatic rings. The number of nitrogens with zero attached hydrogens (tertiary/aromatic N) is 1. The van der Waals surface area contributed by atoms with Crippen LogP contribution < -0.4 is 11.1 Å². The van der Waals surface area contributed by atoms with Crippen molar-refractivity contribution in [1.29, 1.82) is 0 Å². The predicted molar refractivity (Wildman–Crippen MR) is 58.0 cm³/mol. The fourth-order valence-electron chi connectivity index (χ4n) is 1.35. The van der Waals surface area contributed by atoms with Crippen LogP contribution in [-0.4, -0.2) is 22.5 Å². The number of nitrogens with one attached hydrogen (secondary N) is 1. The lowest BCUT2D eigenvalue weighted by Gasteiger charge is -2.11. The lowest BCUT2D eigenvalue weighted by atomic mass is 10.2. The van der Waals surface area contributed by atoms with Gasteiger partial charge in [0.05, 0.1) is 11.9 Å². The summed E-state index contributed by atoms with van der Waals surface area (Å²) < 4.78 is 0. The van der Waals surface area contributed by atoms with Crippen molar-refractivity contribution in [3.8, 4) is 0 Å². The fraction of sp³-hybridized carbons (Fsp3) is 0.444. The molecule has 3 nitrogen and oxygen atoms in total. The van der Waals surface area contributed by atoms with Gasteiger partial charge in [-0.05, 0) is 24.3 Å². The highest BCUT2D eigenvalue weighted by atomic mass is 32.2. The van der Waals surface area contributed by atoms with E-state index >= 15 is 0 Å². The van der Waals surface area contributed by atoms with Crippen LogP contribution in [-0.2, 0) is 0 Å². The van der Waals surface area contributed by atoms with Gasteiger partial charge >= 0.3 is 0 Å². The lowest BCUT2D eigenvalue weighted by molar-refractivity contribution is 0.807. The maximum Gasteiger partial charge on any atom is 0.126 e. The monoisotopic (exact) mass is 195 g/mol. The topological polar surface area (TPSA) is 50.9 Å². The van der Waals surface area contributed by atoms with E-state index in [4.69, 9.17) is 5.73 Å². The van der Waals surface area contributed by atoms with Crippen LogP contribution in [0.15, 0.2) is 18.3 Å². The van der Waals surface area contributed by atoms with E-state index in [9.17, 15) is 0 Å². The number of rotatable bonds is 2. The van der Waals surface area contributed by atoms with Crippen LogP contribution in [0.4, 0.5) is 11.5 Å². The standard InChI is InChI=1S/C9H13N3S/c10-7-1-2-9(11-5-7)12-8-3-4-13-6-8/h1-2,5,8H,3-4,6,10H2,(H,11,12). The van der Waals surface area contributed by atoms with Crippen LogP contribution in [0.2, 0.25) is 0 Å². The molecule has 13 heavy (non-hydrogen) atoms. The minimum absolute atomic E-state index is 0.584. The van der Waals surface area contributed by atoms with Gasteiger partial charge in [-0.1, -0.05) is 0 Å². The fourth-order valence-corrected chi connectivity index (χ4v) is 2.50. The van der Waals surface area contributed by atoms with E-state index in [1.54, 1.807) is 6.20 Å². The molecule has 2 heterocycles. The summed E-state index contributed by atoms with van der Waals surface area (Å²) in [5.74, 6) is 3.38. The minimum atomic E-state index is 0.584. The first-order chi connectivity index (χ1) is 6.34. The van der Waals surface area contributed by atoms with Crippen LogP contribution in [0.3, 0.4) is 0 Å². The molecule has 1 saturated heterocycles. The highest BCUT2D eigenvalue weighted by Crippen LogP contribution is 2.20. The summed E-state index contributed by atoms with van der Waals surface area (Å²) in [7, 11) is 0. The number of hydrogen-bond donors (Lipinski definition) is 2. The molecule has 0 aromatic carbocycles. The average molecular weight is 195 g/mol. The van der Waals surface area contributed by atoms with Gasteiger partial charge in [0, 0.05) is 11.8 Å². The molecule has 2 rings (SSSR count). The van der Waals surface area contributed by atoms with Gasteiger partial charge in [0.1, 0.15) is 5.82 Å². The van der Waals surface area contributed by atoms with Gasteiger partial charge in [0.15, 0.2) is 0 Å². The van der Waals surface area contributed by atoms with Gasteiger partial charge in [0.25, 0.3) is 0 Å². The highest BCUT2D eigenvalue weighted by molar-refractivity contribution is 7.99. The van der Waals surface area contributed by atoms with Crippen LogP contribution >= 0.6 is 11.8 Å². The smallest absolute Gasteiger partial charge is 0.126 e. The Bertz CT molecular complexity index is 267. The third-order valence-electron chi connectivity index (χ3n) is 2.07. The Labute approximate surface area is 82.1 Å². The molecule has 1 atom stereocenters. The molecule has 0 saturated carbocycles.